The van der Waals surface area contributed by atoms with E-state index < -0.39 is 0 Å². The summed E-state index contributed by atoms with van der Waals surface area (Å²) in [6, 6.07) is 1.79. The Hall–Kier alpha value is -1.23. The Balaban J connectivity index is 2.24. The van der Waals surface area contributed by atoms with Crippen molar-refractivity contribution in [3.8, 4) is 0 Å². The van der Waals surface area contributed by atoms with E-state index in [-0.39, 0.29) is 12.8 Å². The topological polar surface area (TPSA) is 62.8 Å². The molecular weight excluding hydrogens is 144 g/mol. The van der Waals surface area contributed by atoms with Gasteiger partial charge in [-0.15, -0.1) is 5.11 Å². The van der Waals surface area contributed by atoms with Crippen LogP contribution in [0.4, 0.5) is 5.82 Å². The first-order valence-electron chi connectivity index (χ1n) is 3.47. The lowest BCUT2D eigenvalue weighted by Crippen LogP contribution is -2.05. The van der Waals surface area contributed by atoms with Crippen molar-refractivity contribution >= 4 is 5.82 Å². The number of rotatable bonds is 2. The fourth-order valence-electron chi connectivity index (χ4n) is 1.09. The molecule has 1 aliphatic heterocycles. The van der Waals surface area contributed by atoms with E-state index in [0.29, 0.717) is 6.42 Å². The Morgan fingerprint density at radius 1 is 1.64 bits per heavy atom. The Morgan fingerprint density at radius 3 is 3.36 bits per heavy atom. The largest absolute Gasteiger partial charge is 0.396 e. The van der Waals surface area contributed by atoms with Crippen LogP contribution in [0, 0.1) is 0 Å². The fourth-order valence-corrected chi connectivity index (χ4v) is 1.09. The number of nitrogens with zero attached hydrogens (tertiary/aromatic N) is 4. The van der Waals surface area contributed by atoms with Crippen LogP contribution >= 0.6 is 0 Å². The average Bonchev–Trinajstić information content (AvgIpc) is 2.53. The summed E-state index contributed by atoms with van der Waals surface area (Å²) in [5.74, 6) is 0.767. The number of aliphatic hydroxyl groups is 1. The molecule has 1 atom stereocenters. The highest BCUT2D eigenvalue weighted by Crippen LogP contribution is 2.28. The molecule has 5 heteroatoms. The lowest BCUT2D eigenvalue weighted by molar-refractivity contribution is 0.257. The average molecular weight is 152 g/mol. The second-order valence-electron chi connectivity index (χ2n) is 2.34. The third-order valence-electron chi connectivity index (χ3n) is 1.61. The molecule has 0 fully saturated rings. The summed E-state index contributed by atoms with van der Waals surface area (Å²) in [4.78, 5) is 0. The van der Waals surface area contributed by atoms with Gasteiger partial charge in [-0.2, -0.15) is 10.2 Å². The molecule has 0 aromatic carbocycles. The minimum Gasteiger partial charge on any atom is -0.396 e. The van der Waals surface area contributed by atoms with E-state index in [0.717, 1.165) is 5.82 Å². The van der Waals surface area contributed by atoms with Gasteiger partial charge in [-0.1, -0.05) is 0 Å². The third kappa shape index (κ3) is 0.932. The molecule has 1 aromatic heterocycles. The predicted molar refractivity (Wildman–Crippen MR) is 37.5 cm³/mol. The van der Waals surface area contributed by atoms with Gasteiger partial charge < -0.3 is 5.11 Å². The molecule has 0 radical (unpaired) electrons. The molecule has 0 spiro atoms. The maximum absolute atomic E-state index is 8.65. The van der Waals surface area contributed by atoms with Crippen molar-refractivity contribution in [2.45, 2.75) is 12.6 Å². The highest BCUT2D eigenvalue weighted by molar-refractivity contribution is 5.27. The van der Waals surface area contributed by atoms with Crippen molar-refractivity contribution in [1.29, 1.82) is 0 Å². The van der Waals surface area contributed by atoms with Gasteiger partial charge in [-0.25, -0.2) is 4.68 Å². The lowest BCUT2D eigenvalue weighted by atomic mass is 10.4. The molecule has 0 saturated carbocycles. The van der Waals surface area contributed by atoms with Gasteiger partial charge in [-0.3, -0.25) is 0 Å². The normalized spacial score (nSPS) is 20.6. The van der Waals surface area contributed by atoms with E-state index in [9.17, 15) is 0 Å². The molecule has 1 N–H and O–H groups in total. The molecular formula is C6H8N4O. The molecule has 1 unspecified atom stereocenters. The van der Waals surface area contributed by atoms with Gasteiger partial charge in [0.05, 0.1) is 6.20 Å². The Bertz CT molecular complexity index is 280. The number of hydrogen-bond acceptors (Lipinski definition) is 4. The Kier molecular flexibility index (Phi) is 1.43. The highest BCUT2D eigenvalue weighted by Gasteiger charge is 2.18. The van der Waals surface area contributed by atoms with E-state index in [1.807, 2.05) is 0 Å². The quantitative estimate of drug-likeness (QED) is 0.683. The number of azo groups is 1. The second kappa shape index (κ2) is 2.43. The first-order valence-corrected chi connectivity index (χ1v) is 3.47. The summed E-state index contributed by atoms with van der Waals surface area (Å²) >= 11 is 0. The van der Waals surface area contributed by atoms with Crippen LogP contribution in [0.5, 0.6) is 0 Å². The van der Waals surface area contributed by atoms with Gasteiger partial charge in [0, 0.05) is 19.1 Å². The third-order valence-corrected chi connectivity index (χ3v) is 1.61. The smallest absolute Gasteiger partial charge is 0.174 e. The van der Waals surface area contributed by atoms with Gasteiger partial charge in [0.1, 0.15) is 0 Å². The Morgan fingerprint density at radius 2 is 2.55 bits per heavy atom. The van der Waals surface area contributed by atoms with Crippen LogP contribution in [0.1, 0.15) is 12.6 Å². The highest BCUT2D eigenvalue weighted by atomic mass is 16.3. The van der Waals surface area contributed by atoms with Gasteiger partial charge >= 0.3 is 0 Å². The van der Waals surface area contributed by atoms with Crippen LogP contribution in [0.2, 0.25) is 0 Å². The van der Waals surface area contributed by atoms with E-state index in [1.54, 1.807) is 16.9 Å². The molecule has 11 heavy (non-hydrogen) atoms. The summed E-state index contributed by atoms with van der Waals surface area (Å²) < 4.78 is 1.70. The standard InChI is InChI=1S/C6H8N4O/c11-4-2-6-9-8-5-1-3-7-10(5)6/h1,3,6,11H,2,4H2. The van der Waals surface area contributed by atoms with Crippen molar-refractivity contribution < 1.29 is 5.11 Å². The minimum atomic E-state index is -0.0926. The van der Waals surface area contributed by atoms with Crippen LogP contribution in [0.15, 0.2) is 22.5 Å². The summed E-state index contributed by atoms with van der Waals surface area (Å²) in [5.41, 5.74) is 0. The Labute approximate surface area is 63.4 Å². The van der Waals surface area contributed by atoms with Crippen molar-refractivity contribution in [3.05, 3.63) is 12.3 Å². The monoisotopic (exact) mass is 152 g/mol. The fraction of sp³-hybridized carbons (Fsp3) is 0.500. The van der Waals surface area contributed by atoms with E-state index >= 15 is 0 Å². The molecule has 0 amide bonds. The first kappa shape index (κ1) is 6.48. The second-order valence-corrected chi connectivity index (χ2v) is 2.34. The zero-order valence-electron chi connectivity index (χ0n) is 5.88. The predicted octanol–water partition coefficient (Wildman–Crippen LogP) is 0.861. The molecule has 1 aliphatic rings. The first-order chi connectivity index (χ1) is 5.42. The maximum atomic E-state index is 8.65. The molecule has 0 saturated heterocycles. The zero-order valence-corrected chi connectivity index (χ0v) is 5.88. The summed E-state index contributed by atoms with van der Waals surface area (Å²) in [6.45, 7) is 0.114. The SMILES string of the molecule is OCCC1N=Nc2ccnn21. The number of aromatic nitrogens is 2. The van der Waals surface area contributed by atoms with Crippen molar-refractivity contribution in [3.63, 3.8) is 0 Å². The molecule has 0 bridgehead atoms. The van der Waals surface area contributed by atoms with Gasteiger partial charge in [-0.05, 0) is 0 Å². The van der Waals surface area contributed by atoms with Crippen molar-refractivity contribution in [2.24, 2.45) is 10.2 Å². The van der Waals surface area contributed by atoms with Crippen LogP contribution in [-0.2, 0) is 0 Å². The molecule has 0 aliphatic carbocycles. The van der Waals surface area contributed by atoms with Crippen molar-refractivity contribution in [1.82, 2.24) is 9.78 Å². The van der Waals surface area contributed by atoms with Gasteiger partial charge in [0.2, 0.25) is 0 Å². The summed E-state index contributed by atoms with van der Waals surface area (Å²) in [5, 5.41) is 20.5. The molecule has 2 heterocycles. The van der Waals surface area contributed by atoms with E-state index in [4.69, 9.17) is 5.11 Å². The molecule has 2 rings (SSSR count). The molecule has 1 aromatic rings. The minimum absolute atomic E-state index is 0.0926. The lowest BCUT2D eigenvalue weighted by Gasteiger charge is -2.03. The molecule has 5 nitrogen and oxygen atoms in total. The van der Waals surface area contributed by atoms with Crippen LogP contribution in [-0.4, -0.2) is 21.5 Å². The number of hydrogen-bond donors (Lipinski definition) is 1. The molecule has 58 valence electrons. The van der Waals surface area contributed by atoms with Gasteiger partial charge in [0.15, 0.2) is 12.0 Å². The summed E-state index contributed by atoms with van der Waals surface area (Å²) in [7, 11) is 0. The summed E-state index contributed by atoms with van der Waals surface area (Å²) in [6.07, 6.45) is 2.17. The van der Waals surface area contributed by atoms with Crippen LogP contribution < -0.4 is 0 Å². The van der Waals surface area contributed by atoms with Crippen LogP contribution in [0.3, 0.4) is 0 Å². The van der Waals surface area contributed by atoms with Crippen LogP contribution in [0.25, 0.3) is 0 Å². The number of aliphatic hydroxyl groups excluding tert-OH is 1. The van der Waals surface area contributed by atoms with E-state index in [2.05, 4.69) is 15.3 Å². The maximum Gasteiger partial charge on any atom is 0.174 e. The van der Waals surface area contributed by atoms with Gasteiger partial charge in [0.25, 0.3) is 0 Å². The van der Waals surface area contributed by atoms with Crippen molar-refractivity contribution in [2.75, 3.05) is 6.61 Å². The van der Waals surface area contributed by atoms with E-state index in [1.165, 1.54) is 0 Å². The zero-order chi connectivity index (χ0) is 7.68. The number of fused-ring (bicyclic) bond motifs is 1.